The predicted octanol–water partition coefficient (Wildman–Crippen LogP) is 1.07. The monoisotopic (exact) mass is 459 g/mol. The summed E-state index contributed by atoms with van der Waals surface area (Å²) < 4.78 is 17.7. The Balaban J connectivity index is 1.82. The largest absolute Gasteiger partial charge is 0.493 e. The zero-order valence-corrected chi connectivity index (χ0v) is 15.7. The van der Waals surface area contributed by atoms with Gasteiger partial charge in [0, 0.05) is 24.1 Å². The fraction of sp³-hybridized carbons (Fsp3) is 0.412. The van der Waals surface area contributed by atoms with Crippen LogP contribution in [0.4, 0.5) is 0 Å². The Hall–Kier alpha value is -1.65. The minimum Gasteiger partial charge on any atom is -0.493 e. The number of aliphatic hydroxyl groups is 1. The van der Waals surface area contributed by atoms with Crippen LogP contribution in [0.2, 0.25) is 0 Å². The number of rotatable bonds is 7. The molecule has 1 aromatic rings. The number of carbonyl (C=O) groups excluding carboxylic acids is 2. The number of amides is 1. The molecule has 134 valence electrons. The number of methoxy groups -OCH3 is 1. The van der Waals surface area contributed by atoms with Gasteiger partial charge in [0.05, 0.1) is 23.4 Å². The van der Waals surface area contributed by atoms with Crippen molar-refractivity contribution in [1.29, 1.82) is 0 Å². The van der Waals surface area contributed by atoms with Crippen LogP contribution < -0.4 is 14.8 Å². The average molecular weight is 459 g/mol. The van der Waals surface area contributed by atoms with E-state index in [2.05, 4.69) is 27.9 Å². The van der Waals surface area contributed by atoms with Gasteiger partial charge in [-0.15, -0.1) is 0 Å². The Morgan fingerprint density at radius 1 is 1.52 bits per heavy atom. The van der Waals surface area contributed by atoms with E-state index in [-0.39, 0.29) is 31.3 Å². The van der Waals surface area contributed by atoms with Crippen molar-refractivity contribution in [2.75, 3.05) is 20.3 Å². The van der Waals surface area contributed by atoms with Crippen LogP contribution in [-0.4, -0.2) is 55.9 Å². The van der Waals surface area contributed by atoms with Crippen molar-refractivity contribution >= 4 is 34.8 Å². The first kappa shape index (κ1) is 18.2. The normalized spacial score (nSPS) is 24.0. The van der Waals surface area contributed by atoms with Gasteiger partial charge in [-0.3, -0.25) is 9.59 Å². The van der Waals surface area contributed by atoms with Crippen LogP contribution in [0.5, 0.6) is 11.5 Å². The molecule has 1 fully saturated rings. The van der Waals surface area contributed by atoms with Gasteiger partial charge in [-0.25, -0.2) is 0 Å². The molecule has 3 rings (SSSR count). The molecule has 2 aliphatic rings. The quantitative estimate of drug-likeness (QED) is 0.360. The van der Waals surface area contributed by atoms with Crippen LogP contribution in [0.25, 0.3) is 0 Å². The molecule has 3 unspecified atom stereocenters. The van der Waals surface area contributed by atoms with Gasteiger partial charge in [0.15, 0.2) is 11.5 Å². The summed E-state index contributed by atoms with van der Waals surface area (Å²) in [4.78, 5) is 23.1. The number of hydrogen-bond donors (Lipinski definition) is 2. The van der Waals surface area contributed by atoms with Gasteiger partial charge in [-0.05, 0) is 40.8 Å². The van der Waals surface area contributed by atoms with Gasteiger partial charge in [-0.2, -0.15) is 0 Å². The molecule has 0 saturated carbocycles. The molecule has 1 aliphatic carbocycles. The van der Waals surface area contributed by atoms with Crippen LogP contribution in [0.1, 0.15) is 16.8 Å². The molecule has 0 aromatic heterocycles. The summed E-state index contributed by atoms with van der Waals surface area (Å²) in [7, 11) is 1.51. The van der Waals surface area contributed by atoms with Crippen molar-refractivity contribution < 1.29 is 28.9 Å². The van der Waals surface area contributed by atoms with E-state index in [1.54, 1.807) is 18.2 Å². The van der Waals surface area contributed by atoms with Crippen molar-refractivity contribution in [3.05, 3.63) is 32.9 Å². The Bertz CT molecular complexity index is 719. The standard InChI is InChI=1S/C17H18INO6/c1-23-12-5-9(8-21)4-11(18)15(12)24-13-6-10(7-14-16(13)25-14)17(22)19-2-3-20/h4-6,8,13-14,16,20H,2-3,7H2,1H3,(H,19,22). The van der Waals surface area contributed by atoms with Crippen molar-refractivity contribution in [3.63, 3.8) is 0 Å². The molecule has 1 aromatic carbocycles. The molecule has 0 spiro atoms. The van der Waals surface area contributed by atoms with Gasteiger partial charge in [0.1, 0.15) is 18.5 Å². The molecule has 2 N–H and O–H groups in total. The smallest absolute Gasteiger partial charge is 0.247 e. The average Bonchev–Trinajstić information content (AvgIpc) is 3.40. The fourth-order valence-corrected chi connectivity index (χ4v) is 3.55. The van der Waals surface area contributed by atoms with Crippen molar-refractivity contribution in [2.24, 2.45) is 0 Å². The first-order valence-electron chi connectivity index (χ1n) is 7.82. The summed E-state index contributed by atoms with van der Waals surface area (Å²) in [5.41, 5.74) is 1.08. The highest BCUT2D eigenvalue weighted by Crippen LogP contribution is 2.41. The number of hydrogen-bond acceptors (Lipinski definition) is 6. The molecule has 8 heteroatoms. The van der Waals surface area contributed by atoms with Crippen LogP contribution >= 0.6 is 22.6 Å². The number of carbonyl (C=O) groups is 2. The van der Waals surface area contributed by atoms with E-state index in [0.29, 0.717) is 29.1 Å². The summed E-state index contributed by atoms with van der Waals surface area (Å²) in [5.74, 6) is 0.743. The first-order chi connectivity index (χ1) is 12.1. The number of fused-ring (bicyclic) bond motifs is 1. The summed E-state index contributed by atoms with van der Waals surface area (Å²) in [6.45, 7) is 0.0928. The second-order valence-electron chi connectivity index (χ2n) is 5.75. The lowest BCUT2D eigenvalue weighted by Crippen LogP contribution is -2.33. The molecule has 0 bridgehead atoms. The van der Waals surface area contributed by atoms with E-state index in [9.17, 15) is 9.59 Å². The number of epoxide rings is 1. The Kier molecular flexibility index (Phi) is 5.60. The first-order valence-corrected chi connectivity index (χ1v) is 8.89. The molecule has 1 aliphatic heterocycles. The topological polar surface area (TPSA) is 97.4 Å². The van der Waals surface area contributed by atoms with E-state index in [1.165, 1.54) is 7.11 Å². The Labute approximate surface area is 158 Å². The molecule has 1 saturated heterocycles. The number of benzene rings is 1. The highest BCUT2D eigenvalue weighted by molar-refractivity contribution is 14.1. The van der Waals surface area contributed by atoms with Gasteiger partial charge in [0.25, 0.3) is 0 Å². The maximum atomic E-state index is 12.1. The number of ether oxygens (including phenoxy) is 3. The minimum absolute atomic E-state index is 0.0391. The van der Waals surface area contributed by atoms with Crippen molar-refractivity contribution in [1.82, 2.24) is 5.32 Å². The molecule has 1 heterocycles. The molecule has 25 heavy (non-hydrogen) atoms. The SMILES string of the molecule is COc1cc(C=O)cc(I)c1OC1C=C(C(=O)NCCO)CC2OC12. The number of aliphatic hydroxyl groups excluding tert-OH is 1. The van der Waals surface area contributed by atoms with Crippen LogP contribution in [0, 0.1) is 3.57 Å². The van der Waals surface area contributed by atoms with Crippen LogP contribution in [0.15, 0.2) is 23.8 Å². The second kappa shape index (κ2) is 7.71. The zero-order chi connectivity index (χ0) is 18.0. The number of aldehydes is 1. The molecule has 3 atom stereocenters. The summed E-state index contributed by atoms with van der Waals surface area (Å²) in [5, 5.41) is 11.5. The van der Waals surface area contributed by atoms with Gasteiger partial charge in [0.2, 0.25) is 5.91 Å². The molecular formula is C17H18INO6. The molecular weight excluding hydrogens is 441 g/mol. The Morgan fingerprint density at radius 2 is 2.32 bits per heavy atom. The minimum atomic E-state index is -0.418. The third-order valence-corrected chi connectivity index (χ3v) is 4.86. The van der Waals surface area contributed by atoms with Gasteiger partial charge in [-0.1, -0.05) is 0 Å². The lowest BCUT2D eigenvalue weighted by molar-refractivity contribution is -0.117. The van der Waals surface area contributed by atoms with E-state index in [0.717, 1.165) is 9.86 Å². The molecule has 7 nitrogen and oxygen atoms in total. The third-order valence-electron chi connectivity index (χ3n) is 4.06. The van der Waals surface area contributed by atoms with E-state index >= 15 is 0 Å². The van der Waals surface area contributed by atoms with Crippen molar-refractivity contribution in [3.8, 4) is 11.5 Å². The molecule has 1 amide bonds. The summed E-state index contributed by atoms with van der Waals surface area (Å²) >= 11 is 2.08. The zero-order valence-electron chi connectivity index (χ0n) is 13.5. The van der Waals surface area contributed by atoms with Crippen LogP contribution in [0.3, 0.4) is 0 Å². The van der Waals surface area contributed by atoms with E-state index < -0.39 is 6.10 Å². The van der Waals surface area contributed by atoms with Gasteiger partial charge < -0.3 is 24.6 Å². The highest BCUT2D eigenvalue weighted by atomic mass is 127. The fourth-order valence-electron chi connectivity index (χ4n) is 2.80. The lowest BCUT2D eigenvalue weighted by atomic mass is 9.96. The maximum absolute atomic E-state index is 12.1. The Morgan fingerprint density at radius 3 is 3.00 bits per heavy atom. The van der Waals surface area contributed by atoms with E-state index in [1.807, 2.05) is 0 Å². The number of nitrogens with one attached hydrogen (secondary N) is 1. The summed E-state index contributed by atoms with van der Waals surface area (Å²) in [6, 6.07) is 3.31. The number of halogens is 1. The maximum Gasteiger partial charge on any atom is 0.247 e. The third kappa shape index (κ3) is 3.96. The summed E-state index contributed by atoms with van der Waals surface area (Å²) in [6.07, 6.45) is 2.48. The van der Waals surface area contributed by atoms with E-state index in [4.69, 9.17) is 19.3 Å². The molecule has 0 radical (unpaired) electrons. The highest BCUT2D eigenvalue weighted by Gasteiger charge is 2.50. The van der Waals surface area contributed by atoms with Crippen LogP contribution in [-0.2, 0) is 9.53 Å². The van der Waals surface area contributed by atoms with Gasteiger partial charge >= 0.3 is 0 Å². The second-order valence-corrected chi connectivity index (χ2v) is 6.91. The predicted molar refractivity (Wildman–Crippen MR) is 97.0 cm³/mol. The lowest BCUT2D eigenvalue weighted by Gasteiger charge is -2.21. The van der Waals surface area contributed by atoms with Crippen molar-refractivity contribution in [2.45, 2.75) is 24.7 Å².